The minimum Gasteiger partial charge on any atom is -0.404 e. The lowest BCUT2D eigenvalue weighted by atomic mass is 10.5. The van der Waals surface area contributed by atoms with Gasteiger partial charge in [0.05, 0.1) is 17.5 Å². The molecule has 0 rings (SSSR count). The summed E-state index contributed by atoms with van der Waals surface area (Å²) in [6, 6.07) is 0. The maximum Gasteiger partial charge on any atom is 0.358 e. The second-order valence-electron chi connectivity index (χ2n) is 3.61. The molecule has 0 aromatic rings. The van der Waals surface area contributed by atoms with Gasteiger partial charge >= 0.3 is 7.60 Å². The summed E-state index contributed by atoms with van der Waals surface area (Å²) in [5.41, 5.74) is 5.32. The quantitative estimate of drug-likeness (QED) is 0.725. The summed E-state index contributed by atoms with van der Waals surface area (Å²) in [7, 11) is -3.19. The van der Waals surface area contributed by atoms with Crippen LogP contribution in [-0.4, -0.2) is 12.2 Å². The van der Waals surface area contributed by atoms with Crippen LogP contribution in [0.25, 0.3) is 0 Å². The van der Waals surface area contributed by atoms with Crippen molar-refractivity contribution in [1.29, 1.82) is 0 Å². The number of allylic oxidation sites excluding steroid dienone is 1. The first-order valence-corrected chi connectivity index (χ1v) is 6.22. The van der Waals surface area contributed by atoms with Gasteiger partial charge in [-0.25, -0.2) is 0 Å². The molecule has 0 aliphatic rings. The number of hydrogen-bond donors (Lipinski definition) is 1. The average Bonchev–Trinajstić information content (AvgIpc) is 1.99. The fourth-order valence-corrected chi connectivity index (χ4v) is 2.51. The van der Waals surface area contributed by atoms with Gasteiger partial charge in [0.25, 0.3) is 0 Å². The largest absolute Gasteiger partial charge is 0.404 e. The zero-order valence-electron chi connectivity index (χ0n) is 9.48. The Morgan fingerprint density at radius 1 is 1.21 bits per heavy atom. The van der Waals surface area contributed by atoms with Gasteiger partial charge in [-0.05, 0) is 34.6 Å². The van der Waals surface area contributed by atoms with Crippen LogP contribution in [0.15, 0.2) is 11.5 Å². The van der Waals surface area contributed by atoms with Gasteiger partial charge in [-0.3, -0.25) is 4.57 Å². The molecule has 0 unspecified atom stereocenters. The first kappa shape index (κ1) is 13.7. The molecule has 0 aromatic heterocycles. The van der Waals surface area contributed by atoms with Crippen molar-refractivity contribution in [3.63, 3.8) is 0 Å². The van der Waals surface area contributed by atoms with E-state index in [1.54, 1.807) is 34.6 Å². The smallest absolute Gasteiger partial charge is 0.358 e. The molecule has 0 spiro atoms. The number of hydrogen-bond acceptors (Lipinski definition) is 4. The SMILES string of the molecule is C/C(=C\N)P(=O)(OC(C)C)OC(C)C. The molecule has 0 aromatic carbocycles. The maximum atomic E-state index is 12.2. The zero-order valence-corrected chi connectivity index (χ0v) is 10.4. The van der Waals surface area contributed by atoms with Crippen molar-refractivity contribution in [2.45, 2.75) is 46.8 Å². The van der Waals surface area contributed by atoms with Crippen molar-refractivity contribution >= 4 is 7.60 Å². The molecule has 0 amide bonds. The number of rotatable bonds is 5. The van der Waals surface area contributed by atoms with Crippen molar-refractivity contribution in [3.8, 4) is 0 Å². The molecule has 5 heteroatoms. The van der Waals surface area contributed by atoms with Crippen molar-refractivity contribution in [3.05, 3.63) is 11.5 Å². The summed E-state index contributed by atoms with van der Waals surface area (Å²) in [6.45, 7) is 8.87. The third-order valence-electron chi connectivity index (χ3n) is 1.37. The van der Waals surface area contributed by atoms with Gasteiger partial charge in [-0.1, -0.05) is 0 Å². The van der Waals surface area contributed by atoms with Crippen LogP contribution < -0.4 is 5.73 Å². The van der Waals surface area contributed by atoms with Gasteiger partial charge in [-0.15, -0.1) is 0 Å². The maximum absolute atomic E-state index is 12.2. The zero-order chi connectivity index (χ0) is 11.4. The minimum absolute atomic E-state index is 0.158. The molecule has 0 atom stereocenters. The third kappa shape index (κ3) is 4.27. The minimum atomic E-state index is -3.19. The highest BCUT2D eigenvalue weighted by molar-refractivity contribution is 7.58. The van der Waals surface area contributed by atoms with Gasteiger partial charge in [0.15, 0.2) is 0 Å². The Hall–Kier alpha value is -0.310. The van der Waals surface area contributed by atoms with E-state index in [0.717, 1.165) is 0 Å². The Morgan fingerprint density at radius 3 is 1.79 bits per heavy atom. The highest BCUT2D eigenvalue weighted by Crippen LogP contribution is 2.57. The predicted molar refractivity (Wildman–Crippen MR) is 58.0 cm³/mol. The Bertz CT molecular complexity index is 234. The summed E-state index contributed by atoms with van der Waals surface area (Å²) in [5, 5.41) is 0.444. The van der Waals surface area contributed by atoms with E-state index in [-0.39, 0.29) is 12.2 Å². The molecule has 14 heavy (non-hydrogen) atoms. The van der Waals surface area contributed by atoms with Crippen molar-refractivity contribution in [1.82, 2.24) is 0 Å². The van der Waals surface area contributed by atoms with Crippen LogP contribution >= 0.6 is 7.60 Å². The van der Waals surface area contributed by atoms with Crippen LogP contribution in [0.1, 0.15) is 34.6 Å². The molecule has 0 bridgehead atoms. The molecule has 0 heterocycles. The van der Waals surface area contributed by atoms with E-state index in [4.69, 9.17) is 14.8 Å². The van der Waals surface area contributed by atoms with E-state index in [1.165, 1.54) is 6.20 Å². The summed E-state index contributed by atoms with van der Waals surface area (Å²) in [5.74, 6) is 0. The molecule has 0 saturated carbocycles. The molecular weight excluding hydrogens is 201 g/mol. The first-order chi connectivity index (χ1) is 6.31. The van der Waals surface area contributed by atoms with Crippen LogP contribution in [0.4, 0.5) is 0 Å². The summed E-state index contributed by atoms with van der Waals surface area (Å²) >= 11 is 0. The lowest BCUT2D eigenvalue weighted by molar-refractivity contribution is 0.147. The van der Waals surface area contributed by atoms with Gasteiger partial charge in [0.1, 0.15) is 0 Å². The van der Waals surface area contributed by atoms with Gasteiger partial charge in [0.2, 0.25) is 0 Å². The lowest BCUT2D eigenvalue weighted by Gasteiger charge is -2.22. The fraction of sp³-hybridized carbons (Fsp3) is 0.778. The molecule has 2 N–H and O–H groups in total. The first-order valence-electron chi connectivity index (χ1n) is 4.67. The van der Waals surface area contributed by atoms with Crippen molar-refractivity contribution in [2.24, 2.45) is 5.73 Å². The standard InChI is InChI=1S/C9H20NO3P/c1-7(2)12-14(11,9(5)6-10)13-8(3)4/h6-8H,10H2,1-5H3/b9-6+. The lowest BCUT2D eigenvalue weighted by Crippen LogP contribution is -2.09. The monoisotopic (exact) mass is 221 g/mol. The Balaban J connectivity index is 4.77. The highest BCUT2D eigenvalue weighted by atomic mass is 31.2. The molecule has 0 saturated heterocycles. The van der Waals surface area contributed by atoms with E-state index in [1.807, 2.05) is 0 Å². The van der Waals surface area contributed by atoms with Crippen LogP contribution in [0.2, 0.25) is 0 Å². The Kier molecular flexibility index (Phi) is 5.42. The van der Waals surface area contributed by atoms with Crippen LogP contribution in [-0.2, 0) is 13.6 Å². The van der Waals surface area contributed by atoms with E-state index in [2.05, 4.69) is 0 Å². The summed E-state index contributed by atoms with van der Waals surface area (Å²) in [4.78, 5) is 0. The Morgan fingerprint density at radius 2 is 1.57 bits per heavy atom. The molecule has 0 aliphatic heterocycles. The van der Waals surface area contributed by atoms with E-state index in [9.17, 15) is 4.57 Å². The summed E-state index contributed by atoms with van der Waals surface area (Å²) < 4.78 is 22.7. The molecule has 4 nitrogen and oxygen atoms in total. The number of nitrogens with two attached hydrogens (primary N) is 1. The van der Waals surface area contributed by atoms with Crippen molar-refractivity contribution < 1.29 is 13.6 Å². The molecular formula is C9H20NO3P. The van der Waals surface area contributed by atoms with Gasteiger partial charge in [0, 0.05) is 6.20 Å². The molecule has 0 aliphatic carbocycles. The van der Waals surface area contributed by atoms with Crippen LogP contribution in [0.5, 0.6) is 0 Å². The normalized spacial score (nSPS) is 14.1. The fourth-order valence-electron chi connectivity index (χ4n) is 0.837. The van der Waals surface area contributed by atoms with E-state index < -0.39 is 7.60 Å². The molecule has 0 fully saturated rings. The van der Waals surface area contributed by atoms with Crippen molar-refractivity contribution in [2.75, 3.05) is 0 Å². The second-order valence-corrected chi connectivity index (χ2v) is 5.74. The summed E-state index contributed by atoms with van der Waals surface area (Å²) in [6.07, 6.45) is 0.954. The van der Waals surface area contributed by atoms with Gasteiger partial charge in [-0.2, -0.15) is 0 Å². The van der Waals surface area contributed by atoms with Crippen LogP contribution in [0, 0.1) is 0 Å². The van der Waals surface area contributed by atoms with Crippen LogP contribution in [0.3, 0.4) is 0 Å². The molecule has 0 radical (unpaired) electrons. The molecule has 84 valence electrons. The topological polar surface area (TPSA) is 61.6 Å². The Labute approximate surface area is 86.0 Å². The van der Waals surface area contributed by atoms with E-state index in [0.29, 0.717) is 5.31 Å². The predicted octanol–water partition coefficient (Wildman–Crippen LogP) is 2.85. The highest BCUT2D eigenvalue weighted by Gasteiger charge is 2.29. The average molecular weight is 221 g/mol. The third-order valence-corrected chi connectivity index (χ3v) is 3.78. The van der Waals surface area contributed by atoms with Gasteiger partial charge < -0.3 is 14.8 Å². The van der Waals surface area contributed by atoms with E-state index >= 15 is 0 Å². The second kappa shape index (κ2) is 5.54.